The summed E-state index contributed by atoms with van der Waals surface area (Å²) < 4.78 is 0. The first-order valence-electron chi connectivity index (χ1n) is 13.1. The number of carbonyl (C=O) groups excluding carboxylic acids is 1. The van der Waals surface area contributed by atoms with Gasteiger partial charge >= 0.3 is 0 Å². The molecule has 4 aromatic rings. The molecule has 3 aromatic carbocycles. The van der Waals surface area contributed by atoms with E-state index in [4.69, 9.17) is 16.6 Å². The van der Waals surface area contributed by atoms with Gasteiger partial charge in [-0.3, -0.25) is 4.79 Å². The second-order valence-electron chi connectivity index (χ2n) is 11.3. The van der Waals surface area contributed by atoms with Crippen molar-refractivity contribution in [3.63, 3.8) is 0 Å². The van der Waals surface area contributed by atoms with Crippen molar-refractivity contribution in [3.8, 4) is 22.4 Å². The zero-order chi connectivity index (χ0) is 24.3. The standard InChI is InChI=1S/C32H29ClN2O/c33-25-9-5-23(6-10-25)28-16-30(35-29-4-2-1-3-27(28)29)24-7-11-26(12-8-24)34-31(36)32-17-20-13-21(18-32)15-22(14-20)19-32/h1-12,16,20-22H,13-15,17-19H2,(H,34,36). The van der Waals surface area contributed by atoms with Gasteiger partial charge in [0.2, 0.25) is 5.91 Å². The van der Waals surface area contributed by atoms with E-state index >= 15 is 0 Å². The highest BCUT2D eigenvalue weighted by atomic mass is 35.5. The molecule has 4 aliphatic carbocycles. The first kappa shape index (κ1) is 22.1. The average Bonchev–Trinajstić information content (AvgIpc) is 2.88. The van der Waals surface area contributed by atoms with Crippen LogP contribution >= 0.6 is 11.6 Å². The minimum absolute atomic E-state index is 0.138. The fraction of sp³-hybridized carbons (Fsp3) is 0.312. The molecule has 4 fully saturated rings. The Morgan fingerprint density at radius 1 is 0.806 bits per heavy atom. The molecular weight excluding hydrogens is 464 g/mol. The lowest BCUT2D eigenvalue weighted by Crippen LogP contribution is -2.51. The predicted octanol–water partition coefficient (Wildman–Crippen LogP) is 8.38. The van der Waals surface area contributed by atoms with Crippen molar-refractivity contribution in [2.24, 2.45) is 23.2 Å². The Balaban J connectivity index is 1.17. The van der Waals surface area contributed by atoms with Crippen LogP contribution in [0.5, 0.6) is 0 Å². The smallest absolute Gasteiger partial charge is 0.230 e. The third kappa shape index (κ3) is 3.81. The molecule has 1 amide bonds. The summed E-state index contributed by atoms with van der Waals surface area (Å²) in [4.78, 5) is 18.4. The zero-order valence-electron chi connectivity index (χ0n) is 20.2. The molecule has 4 saturated carbocycles. The summed E-state index contributed by atoms with van der Waals surface area (Å²) in [7, 11) is 0. The molecule has 4 bridgehead atoms. The summed E-state index contributed by atoms with van der Waals surface area (Å²) in [5, 5.41) is 5.12. The predicted molar refractivity (Wildman–Crippen MR) is 147 cm³/mol. The number of pyridine rings is 1. The number of nitrogens with zero attached hydrogens (tertiary/aromatic N) is 1. The van der Waals surface area contributed by atoms with Crippen LogP contribution in [0.15, 0.2) is 78.9 Å². The highest BCUT2D eigenvalue weighted by Gasteiger charge is 2.54. The van der Waals surface area contributed by atoms with Crippen molar-refractivity contribution < 1.29 is 4.79 Å². The van der Waals surface area contributed by atoms with E-state index in [1.54, 1.807) is 0 Å². The van der Waals surface area contributed by atoms with E-state index in [0.29, 0.717) is 0 Å². The first-order chi connectivity index (χ1) is 17.5. The van der Waals surface area contributed by atoms with Gasteiger partial charge < -0.3 is 5.32 Å². The van der Waals surface area contributed by atoms with E-state index < -0.39 is 0 Å². The van der Waals surface area contributed by atoms with Gasteiger partial charge in [-0.2, -0.15) is 0 Å². The van der Waals surface area contributed by atoms with Gasteiger partial charge in [-0.1, -0.05) is 54.1 Å². The van der Waals surface area contributed by atoms with Crippen molar-refractivity contribution in [1.82, 2.24) is 4.98 Å². The van der Waals surface area contributed by atoms with Crippen LogP contribution in [-0.2, 0) is 4.79 Å². The molecule has 1 aromatic heterocycles. The van der Waals surface area contributed by atoms with Crippen molar-refractivity contribution in [1.29, 1.82) is 0 Å². The number of nitrogens with one attached hydrogen (secondary N) is 1. The van der Waals surface area contributed by atoms with Gasteiger partial charge in [-0.25, -0.2) is 4.98 Å². The Morgan fingerprint density at radius 3 is 2.08 bits per heavy atom. The van der Waals surface area contributed by atoms with E-state index in [0.717, 1.165) is 81.0 Å². The summed E-state index contributed by atoms with van der Waals surface area (Å²) in [5.41, 5.74) is 5.88. The van der Waals surface area contributed by atoms with Crippen LogP contribution in [0.3, 0.4) is 0 Å². The summed E-state index contributed by atoms with van der Waals surface area (Å²) in [6, 6.07) is 26.5. The van der Waals surface area contributed by atoms with Gasteiger partial charge in [0.05, 0.1) is 16.6 Å². The van der Waals surface area contributed by atoms with Gasteiger partial charge in [0.1, 0.15) is 0 Å². The fourth-order valence-corrected chi connectivity index (χ4v) is 7.69. The molecule has 4 heteroatoms. The number of hydrogen-bond donors (Lipinski definition) is 1. The maximum atomic E-state index is 13.5. The molecule has 0 aliphatic heterocycles. The van der Waals surface area contributed by atoms with E-state index in [1.807, 2.05) is 36.4 Å². The molecule has 0 saturated heterocycles. The van der Waals surface area contributed by atoms with E-state index in [1.165, 1.54) is 19.3 Å². The SMILES string of the molecule is O=C(Nc1ccc(-c2cc(-c3ccc(Cl)cc3)c3ccccc3n2)cc1)C12CC3CC(CC(C3)C1)C2. The minimum Gasteiger partial charge on any atom is -0.326 e. The number of hydrogen-bond acceptors (Lipinski definition) is 2. The lowest BCUT2D eigenvalue weighted by atomic mass is 9.49. The highest BCUT2D eigenvalue weighted by molar-refractivity contribution is 6.30. The number of benzene rings is 3. The Labute approximate surface area is 216 Å². The van der Waals surface area contributed by atoms with Crippen LogP contribution in [0.4, 0.5) is 5.69 Å². The number of rotatable bonds is 4. The molecule has 3 nitrogen and oxygen atoms in total. The summed E-state index contributed by atoms with van der Waals surface area (Å²) in [5.74, 6) is 2.53. The maximum absolute atomic E-state index is 13.5. The summed E-state index contributed by atoms with van der Waals surface area (Å²) >= 11 is 6.14. The normalized spacial score (nSPS) is 26.3. The van der Waals surface area contributed by atoms with Crippen LogP contribution < -0.4 is 5.32 Å². The molecule has 36 heavy (non-hydrogen) atoms. The number of carbonyl (C=O) groups is 1. The van der Waals surface area contributed by atoms with E-state index in [9.17, 15) is 4.79 Å². The average molecular weight is 493 g/mol. The van der Waals surface area contributed by atoms with Gasteiger partial charge in [-0.05, 0) is 104 Å². The number of halogens is 1. The number of fused-ring (bicyclic) bond motifs is 1. The molecule has 1 N–H and O–H groups in total. The Morgan fingerprint density at radius 2 is 1.42 bits per heavy atom. The van der Waals surface area contributed by atoms with Crippen LogP contribution in [0.2, 0.25) is 5.02 Å². The summed E-state index contributed by atoms with van der Waals surface area (Å²) in [6.07, 6.45) is 7.28. The molecule has 0 unspecified atom stereocenters. The maximum Gasteiger partial charge on any atom is 0.230 e. The Kier molecular flexibility index (Phi) is 5.18. The molecule has 1 heterocycles. The topological polar surface area (TPSA) is 42.0 Å². The van der Waals surface area contributed by atoms with Crippen molar-refractivity contribution in [2.75, 3.05) is 5.32 Å². The second kappa shape index (κ2) is 8.45. The number of anilines is 1. The number of aromatic nitrogens is 1. The lowest BCUT2D eigenvalue weighted by Gasteiger charge is -2.55. The molecule has 4 aliphatic rings. The Bertz CT molecular complexity index is 1420. The second-order valence-corrected chi connectivity index (χ2v) is 11.7. The molecular formula is C32H29ClN2O. The van der Waals surface area contributed by atoms with Crippen molar-refractivity contribution in [3.05, 3.63) is 83.9 Å². The van der Waals surface area contributed by atoms with Crippen LogP contribution in [0.1, 0.15) is 38.5 Å². The fourth-order valence-electron chi connectivity index (χ4n) is 7.57. The number of para-hydroxylation sites is 1. The quantitative estimate of drug-likeness (QED) is 0.311. The van der Waals surface area contributed by atoms with E-state index in [2.05, 4.69) is 47.8 Å². The van der Waals surface area contributed by atoms with Gasteiger partial charge in [-0.15, -0.1) is 0 Å². The largest absolute Gasteiger partial charge is 0.326 e. The Hall–Kier alpha value is -3.17. The molecule has 0 spiro atoms. The lowest BCUT2D eigenvalue weighted by molar-refractivity contribution is -0.140. The third-order valence-corrected chi connectivity index (χ3v) is 9.08. The number of amides is 1. The first-order valence-corrected chi connectivity index (χ1v) is 13.5. The third-order valence-electron chi connectivity index (χ3n) is 8.83. The molecule has 8 rings (SSSR count). The zero-order valence-corrected chi connectivity index (χ0v) is 21.0. The molecule has 0 radical (unpaired) electrons. The van der Waals surface area contributed by atoms with Gasteiger partial charge in [0, 0.05) is 21.7 Å². The van der Waals surface area contributed by atoms with Crippen molar-refractivity contribution in [2.45, 2.75) is 38.5 Å². The van der Waals surface area contributed by atoms with Crippen LogP contribution in [-0.4, -0.2) is 10.9 Å². The minimum atomic E-state index is -0.138. The monoisotopic (exact) mass is 492 g/mol. The van der Waals surface area contributed by atoms with Crippen molar-refractivity contribution >= 4 is 34.1 Å². The molecule has 180 valence electrons. The van der Waals surface area contributed by atoms with Crippen LogP contribution in [0.25, 0.3) is 33.3 Å². The van der Waals surface area contributed by atoms with E-state index in [-0.39, 0.29) is 11.3 Å². The highest BCUT2D eigenvalue weighted by Crippen LogP contribution is 2.60. The summed E-state index contributed by atoms with van der Waals surface area (Å²) in [6.45, 7) is 0. The van der Waals surface area contributed by atoms with Crippen LogP contribution in [0, 0.1) is 23.2 Å². The van der Waals surface area contributed by atoms with Gasteiger partial charge in [0.15, 0.2) is 0 Å². The molecule has 0 atom stereocenters. The van der Waals surface area contributed by atoms with Gasteiger partial charge in [0.25, 0.3) is 0 Å².